The van der Waals surface area contributed by atoms with Crippen molar-refractivity contribution in [2.75, 3.05) is 13.1 Å². The summed E-state index contributed by atoms with van der Waals surface area (Å²) in [4.78, 5) is 1.51. The first kappa shape index (κ1) is 11.2. The van der Waals surface area contributed by atoms with Gasteiger partial charge in [0, 0.05) is 9.58 Å². The molecule has 1 aromatic carbocycles. The summed E-state index contributed by atoms with van der Waals surface area (Å²) in [5, 5.41) is 5.00. The Morgan fingerprint density at radius 2 is 2.24 bits per heavy atom. The summed E-state index contributed by atoms with van der Waals surface area (Å²) in [7, 11) is 0. The molecule has 1 aromatic heterocycles. The van der Waals surface area contributed by atoms with Gasteiger partial charge in [0.15, 0.2) is 0 Å². The zero-order valence-corrected chi connectivity index (χ0v) is 11.1. The highest BCUT2D eigenvalue weighted by molar-refractivity contribution is 7.19. The number of thiophene rings is 1. The molecule has 90 valence electrons. The van der Waals surface area contributed by atoms with Gasteiger partial charge in [0.1, 0.15) is 0 Å². The summed E-state index contributed by atoms with van der Waals surface area (Å²) in [6.45, 7) is 4.68. The summed E-state index contributed by atoms with van der Waals surface area (Å²) in [6.07, 6.45) is 3.98. The summed E-state index contributed by atoms with van der Waals surface area (Å²) in [5.74, 6) is 0.834. The molecule has 3 rings (SSSR count). The minimum atomic E-state index is 0.834. The summed E-state index contributed by atoms with van der Waals surface area (Å²) in [6, 6.07) is 8.83. The highest BCUT2D eigenvalue weighted by Crippen LogP contribution is 2.33. The number of hydrogen-bond donors (Lipinski definition) is 1. The van der Waals surface area contributed by atoms with Crippen LogP contribution in [0.15, 0.2) is 24.3 Å². The van der Waals surface area contributed by atoms with Crippen LogP contribution in [-0.4, -0.2) is 13.1 Å². The van der Waals surface area contributed by atoms with Crippen molar-refractivity contribution in [3.8, 4) is 0 Å². The number of aryl methyl sites for hydroxylation is 1. The van der Waals surface area contributed by atoms with Crippen molar-refractivity contribution in [1.82, 2.24) is 5.32 Å². The van der Waals surface area contributed by atoms with Gasteiger partial charge in [-0.15, -0.1) is 11.3 Å². The molecule has 0 aliphatic carbocycles. The number of nitrogens with one attached hydrogen (secondary N) is 1. The monoisotopic (exact) mass is 245 g/mol. The molecule has 1 nitrogen and oxygen atoms in total. The molecule has 1 unspecified atom stereocenters. The fraction of sp³-hybridized carbons (Fsp3) is 0.467. The molecule has 1 atom stereocenters. The molecular weight excluding hydrogens is 226 g/mol. The second-order valence-corrected chi connectivity index (χ2v) is 6.31. The number of benzene rings is 1. The van der Waals surface area contributed by atoms with Gasteiger partial charge in [-0.2, -0.15) is 0 Å². The average molecular weight is 245 g/mol. The van der Waals surface area contributed by atoms with Gasteiger partial charge in [-0.3, -0.25) is 0 Å². The third kappa shape index (κ3) is 2.24. The average Bonchev–Trinajstić information content (AvgIpc) is 2.68. The van der Waals surface area contributed by atoms with E-state index in [0.29, 0.717) is 0 Å². The molecule has 0 spiro atoms. The van der Waals surface area contributed by atoms with E-state index in [0.717, 1.165) is 5.92 Å². The van der Waals surface area contributed by atoms with Crippen molar-refractivity contribution in [3.63, 3.8) is 0 Å². The van der Waals surface area contributed by atoms with Crippen LogP contribution in [0.3, 0.4) is 0 Å². The second-order valence-electron chi connectivity index (χ2n) is 5.05. The van der Waals surface area contributed by atoms with Crippen molar-refractivity contribution in [1.29, 1.82) is 0 Å². The molecular formula is C15H19NS. The molecule has 2 aromatic rings. The molecule has 2 heterocycles. The predicted octanol–water partition coefficient (Wildman–Crippen LogP) is 3.75. The fourth-order valence-corrected chi connectivity index (χ4v) is 3.96. The molecule has 0 saturated carbocycles. The Balaban J connectivity index is 1.90. The minimum absolute atomic E-state index is 0.834. The standard InChI is InChI=1S/C15H19NS/c1-11-14(9-12-5-4-8-16-10-12)13-6-2-3-7-15(13)17-11/h2-3,6-7,12,16H,4-5,8-10H2,1H3. The number of rotatable bonds is 2. The summed E-state index contributed by atoms with van der Waals surface area (Å²) >= 11 is 1.95. The number of fused-ring (bicyclic) bond motifs is 1. The van der Waals surface area contributed by atoms with Gasteiger partial charge >= 0.3 is 0 Å². The van der Waals surface area contributed by atoms with Crippen LogP contribution in [0.5, 0.6) is 0 Å². The first-order valence-corrected chi connectivity index (χ1v) is 7.34. The van der Waals surface area contributed by atoms with Gasteiger partial charge in [-0.1, -0.05) is 18.2 Å². The lowest BCUT2D eigenvalue weighted by Gasteiger charge is -2.22. The van der Waals surface area contributed by atoms with E-state index in [1.807, 2.05) is 11.3 Å². The molecule has 1 saturated heterocycles. The maximum atomic E-state index is 3.52. The number of piperidine rings is 1. The molecule has 17 heavy (non-hydrogen) atoms. The van der Waals surface area contributed by atoms with Crippen LogP contribution in [-0.2, 0) is 6.42 Å². The van der Waals surface area contributed by atoms with Crippen LogP contribution in [0.25, 0.3) is 10.1 Å². The van der Waals surface area contributed by atoms with E-state index in [2.05, 4.69) is 36.5 Å². The van der Waals surface area contributed by atoms with E-state index in [4.69, 9.17) is 0 Å². The molecule has 2 heteroatoms. The van der Waals surface area contributed by atoms with Crippen molar-refractivity contribution < 1.29 is 0 Å². The lowest BCUT2D eigenvalue weighted by molar-refractivity contribution is 0.376. The van der Waals surface area contributed by atoms with Gasteiger partial charge in [-0.05, 0) is 62.2 Å². The fourth-order valence-electron chi connectivity index (χ4n) is 2.86. The summed E-state index contributed by atoms with van der Waals surface area (Å²) in [5.41, 5.74) is 1.60. The quantitative estimate of drug-likeness (QED) is 0.849. The van der Waals surface area contributed by atoms with Crippen molar-refractivity contribution in [3.05, 3.63) is 34.7 Å². The molecule has 1 aliphatic heterocycles. The van der Waals surface area contributed by atoms with E-state index in [1.54, 1.807) is 5.56 Å². The van der Waals surface area contributed by atoms with E-state index >= 15 is 0 Å². The van der Waals surface area contributed by atoms with Gasteiger partial charge < -0.3 is 5.32 Å². The van der Waals surface area contributed by atoms with Gasteiger partial charge in [-0.25, -0.2) is 0 Å². The maximum absolute atomic E-state index is 3.52. The summed E-state index contributed by atoms with van der Waals surface area (Å²) < 4.78 is 1.45. The largest absolute Gasteiger partial charge is 0.316 e. The third-order valence-electron chi connectivity index (χ3n) is 3.79. The normalized spacial score (nSPS) is 20.9. The number of hydrogen-bond acceptors (Lipinski definition) is 2. The van der Waals surface area contributed by atoms with E-state index in [-0.39, 0.29) is 0 Å². The topological polar surface area (TPSA) is 12.0 Å². The Bertz CT molecular complexity index is 509. The zero-order chi connectivity index (χ0) is 11.7. The predicted molar refractivity (Wildman–Crippen MR) is 75.9 cm³/mol. The van der Waals surface area contributed by atoms with Gasteiger partial charge in [0.05, 0.1) is 0 Å². The van der Waals surface area contributed by atoms with E-state index in [9.17, 15) is 0 Å². The van der Waals surface area contributed by atoms with Crippen LogP contribution in [0.4, 0.5) is 0 Å². The Morgan fingerprint density at radius 3 is 3.06 bits per heavy atom. The highest BCUT2D eigenvalue weighted by atomic mass is 32.1. The second kappa shape index (κ2) is 4.79. The van der Waals surface area contributed by atoms with Crippen LogP contribution in [0, 0.1) is 12.8 Å². The molecule has 1 aliphatic rings. The van der Waals surface area contributed by atoms with Crippen molar-refractivity contribution in [2.45, 2.75) is 26.2 Å². The molecule has 0 amide bonds. The Labute approximate surface area is 107 Å². The first-order valence-electron chi connectivity index (χ1n) is 6.52. The Kier molecular flexibility index (Phi) is 3.17. The molecule has 1 N–H and O–H groups in total. The Hall–Kier alpha value is -0.860. The molecule has 0 radical (unpaired) electrons. The Morgan fingerprint density at radius 1 is 1.35 bits per heavy atom. The van der Waals surface area contributed by atoms with Gasteiger partial charge in [0.2, 0.25) is 0 Å². The maximum Gasteiger partial charge on any atom is 0.0348 e. The minimum Gasteiger partial charge on any atom is -0.316 e. The van der Waals surface area contributed by atoms with Crippen LogP contribution >= 0.6 is 11.3 Å². The van der Waals surface area contributed by atoms with Crippen LogP contribution < -0.4 is 5.32 Å². The zero-order valence-electron chi connectivity index (χ0n) is 10.3. The van der Waals surface area contributed by atoms with Crippen molar-refractivity contribution in [2.24, 2.45) is 5.92 Å². The lowest BCUT2D eigenvalue weighted by Crippen LogP contribution is -2.30. The third-order valence-corrected chi connectivity index (χ3v) is 4.92. The van der Waals surface area contributed by atoms with E-state index in [1.165, 1.54) is 47.3 Å². The molecule has 1 fully saturated rings. The van der Waals surface area contributed by atoms with Crippen LogP contribution in [0.2, 0.25) is 0 Å². The van der Waals surface area contributed by atoms with Crippen LogP contribution in [0.1, 0.15) is 23.3 Å². The highest BCUT2D eigenvalue weighted by Gasteiger charge is 2.17. The van der Waals surface area contributed by atoms with Gasteiger partial charge in [0.25, 0.3) is 0 Å². The first-order chi connectivity index (χ1) is 8.34. The molecule has 0 bridgehead atoms. The smallest absolute Gasteiger partial charge is 0.0348 e. The van der Waals surface area contributed by atoms with Crippen molar-refractivity contribution >= 4 is 21.4 Å². The SMILES string of the molecule is Cc1sc2ccccc2c1CC1CCCNC1. The van der Waals surface area contributed by atoms with E-state index < -0.39 is 0 Å². The lowest BCUT2D eigenvalue weighted by atomic mass is 9.91.